The van der Waals surface area contributed by atoms with E-state index in [1.807, 2.05) is 0 Å². The van der Waals surface area contributed by atoms with Crippen LogP contribution in [-0.4, -0.2) is 46.0 Å². The van der Waals surface area contributed by atoms with Gasteiger partial charge >= 0.3 is 5.97 Å². The minimum Gasteiger partial charge on any atom is -0.481 e. The molecule has 0 aliphatic rings. The molecule has 0 saturated carbocycles. The fourth-order valence-electron chi connectivity index (χ4n) is 1.39. The van der Waals surface area contributed by atoms with E-state index in [4.69, 9.17) is 5.11 Å². The molecule has 1 aromatic rings. The van der Waals surface area contributed by atoms with E-state index >= 15 is 0 Å². The highest BCUT2D eigenvalue weighted by molar-refractivity contribution is 7.91. The molecule has 1 aromatic heterocycles. The molecule has 0 radical (unpaired) electrons. The van der Waals surface area contributed by atoms with E-state index in [1.54, 1.807) is 17.8 Å². The summed E-state index contributed by atoms with van der Waals surface area (Å²) in [7, 11) is -2.94. The number of hydrogen-bond donors (Lipinski definition) is 1. The lowest BCUT2D eigenvalue weighted by Crippen LogP contribution is -2.11. The first-order valence-electron chi connectivity index (χ1n) is 5.74. The van der Waals surface area contributed by atoms with E-state index in [9.17, 15) is 13.2 Å². The predicted octanol–water partition coefficient (Wildman–Crippen LogP) is 0.120. The third kappa shape index (κ3) is 5.26. The van der Waals surface area contributed by atoms with Gasteiger partial charge in [0.2, 0.25) is 0 Å². The fraction of sp³-hybridized carbons (Fsp3) is 0.700. The molecule has 0 spiro atoms. The van der Waals surface area contributed by atoms with Crippen molar-refractivity contribution in [3.63, 3.8) is 0 Å². The predicted molar refractivity (Wildman–Crippen MR) is 64.9 cm³/mol. The summed E-state index contributed by atoms with van der Waals surface area (Å²) in [5.74, 6) is -0.597. The number of nitrogens with zero attached hydrogens (tertiary/aromatic N) is 3. The Morgan fingerprint density at radius 1 is 1.50 bits per heavy atom. The molecule has 0 saturated heterocycles. The van der Waals surface area contributed by atoms with Gasteiger partial charge in [0.15, 0.2) is 0 Å². The highest BCUT2D eigenvalue weighted by atomic mass is 32.2. The van der Waals surface area contributed by atoms with Gasteiger partial charge in [-0.1, -0.05) is 12.1 Å². The molecule has 0 atom stereocenters. The maximum Gasteiger partial charge on any atom is 0.303 e. The van der Waals surface area contributed by atoms with Crippen molar-refractivity contribution >= 4 is 15.8 Å². The number of sulfone groups is 1. The molecular weight excluding hydrogens is 258 g/mol. The number of carbonyl (C=O) groups is 1. The Bertz CT molecular complexity index is 495. The van der Waals surface area contributed by atoms with E-state index in [0.29, 0.717) is 25.1 Å². The summed E-state index contributed by atoms with van der Waals surface area (Å²) in [5.41, 5.74) is 0.607. The molecule has 8 heteroatoms. The van der Waals surface area contributed by atoms with Crippen molar-refractivity contribution < 1.29 is 18.3 Å². The number of aliphatic carboxylic acids is 1. The van der Waals surface area contributed by atoms with Gasteiger partial charge in [-0.15, -0.1) is 5.10 Å². The number of hydrogen-bond acceptors (Lipinski definition) is 5. The van der Waals surface area contributed by atoms with Gasteiger partial charge in [-0.25, -0.2) is 8.42 Å². The Balaban J connectivity index is 2.38. The molecular formula is C10H17N3O4S. The molecule has 0 fully saturated rings. The van der Waals surface area contributed by atoms with Crippen LogP contribution >= 0.6 is 0 Å². The summed E-state index contributed by atoms with van der Waals surface area (Å²) >= 11 is 0. The maximum absolute atomic E-state index is 11.3. The Kier molecular flexibility index (Phi) is 5.26. The Morgan fingerprint density at radius 3 is 2.83 bits per heavy atom. The molecule has 0 aliphatic heterocycles. The monoisotopic (exact) mass is 275 g/mol. The fourth-order valence-corrected chi connectivity index (χ4v) is 2.25. The van der Waals surface area contributed by atoms with Gasteiger partial charge in [0.1, 0.15) is 9.84 Å². The minimum absolute atomic E-state index is 0.0168. The average molecular weight is 275 g/mol. The quantitative estimate of drug-likeness (QED) is 0.723. The van der Waals surface area contributed by atoms with E-state index < -0.39 is 15.8 Å². The van der Waals surface area contributed by atoms with Crippen LogP contribution in [0.15, 0.2) is 6.20 Å². The summed E-state index contributed by atoms with van der Waals surface area (Å²) in [6.07, 6.45) is 2.49. The average Bonchev–Trinajstić information content (AvgIpc) is 2.74. The Morgan fingerprint density at radius 2 is 2.22 bits per heavy atom. The molecule has 0 unspecified atom stereocenters. The van der Waals surface area contributed by atoms with E-state index in [2.05, 4.69) is 10.3 Å². The lowest BCUT2D eigenvalue weighted by Gasteiger charge is -2.00. The molecule has 0 bridgehead atoms. The second-order valence-corrected chi connectivity index (χ2v) is 6.43. The maximum atomic E-state index is 11.3. The van der Waals surface area contributed by atoms with Crippen LogP contribution in [0.5, 0.6) is 0 Å². The second-order valence-electron chi connectivity index (χ2n) is 3.96. The first-order valence-corrected chi connectivity index (χ1v) is 7.56. The van der Waals surface area contributed by atoms with Crippen molar-refractivity contribution in [2.24, 2.45) is 0 Å². The van der Waals surface area contributed by atoms with Crippen LogP contribution in [0.25, 0.3) is 0 Å². The van der Waals surface area contributed by atoms with Gasteiger partial charge in [0.05, 0.1) is 17.9 Å². The third-order valence-corrected chi connectivity index (χ3v) is 4.25. The van der Waals surface area contributed by atoms with Crippen LogP contribution in [0, 0.1) is 0 Å². The molecule has 1 rings (SSSR count). The van der Waals surface area contributed by atoms with Crippen LogP contribution in [0.4, 0.5) is 0 Å². The van der Waals surface area contributed by atoms with Crippen LogP contribution in [0.3, 0.4) is 0 Å². The Hall–Kier alpha value is -1.44. The van der Waals surface area contributed by atoms with Gasteiger partial charge in [-0.2, -0.15) is 0 Å². The standard InChI is InChI=1S/C10H17N3O4S/c1-2-18(16,17)7-3-6-13-8-9(11-12-13)4-5-10(14)15/h8H,2-7H2,1H3,(H,14,15). The van der Waals surface area contributed by atoms with Crippen molar-refractivity contribution in [2.45, 2.75) is 32.7 Å². The molecule has 102 valence electrons. The molecule has 0 aliphatic carbocycles. The SMILES string of the molecule is CCS(=O)(=O)CCCn1cc(CCC(=O)O)nn1. The Labute approximate surface area is 106 Å². The third-order valence-electron chi connectivity index (χ3n) is 2.46. The smallest absolute Gasteiger partial charge is 0.303 e. The van der Waals surface area contributed by atoms with Crippen molar-refractivity contribution in [1.82, 2.24) is 15.0 Å². The molecule has 1 N–H and O–H groups in total. The highest BCUT2D eigenvalue weighted by Crippen LogP contribution is 2.00. The van der Waals surface area contributed by atoms with Crippen LogP contribution in [0.2, 0.25) is 0 Å². The van der Waals surface area contributed by atoms with Gasteiger partial charge in [-0.3, -0.25) is 9.48 Å². The van der Waals surface area contributed by atoms with Gasteiger partial charge in [0, 0.05) is 24.9 Å². The largest absolute Gasteiger partial charge is 0.481 e. The van der Waals surface area contributed by atoms with Crippen LogP contribution < -0.4 is 0 Å². The summed E-state index contributed by atoms with van der Waals surface area (Å²) in [4.78, 5) is 10.4. The zero-order valence-electron chi connectivity index (χ0n) is 10.2. The van der Waals surface area contributed by atoms with Crippen molar-refractivity contribution in [3.8, 4) is 0 Å². The summed E-state index contributed by atoms with van der Waals surface area (Å²) in [5, 5.41) is 16.2. The number of carboxylic acid groups (broad SMARTS) is 1. The van der Waals surface area contributed by atoms with Crippen LogP contribution in [-0.2, 0) is 27.6 Å². The first-order chi connectivity index (χ1) is 8.43. The number of rotatable bonds is 8. The van der Waals surface area contributed by atoms with Crippen molar-refractivity contribution in [3.05, 3.63) is 11.9 Å². The second kappa shape index (κ2) is 6.48. The van der Waals surface area contributed by atoms with Crippen molar-refractivity contribution in [2.75, 3.05) is 11.5 Å². The van der Waals surface area contributed by atoms with Gasteiger partial charge < -0.3 is 5.11 Å². The summed E-state index contributed by atoms with van der Waals surface area (Å²) in [6.45, 7) is 2.09. The first kappa shape index (κ1) is 14.6. The van der Waals surface area contributed by atoms with Crippen LogP contribution in [0.1, 0.15) is 25.5 Å². The lowest BCUT2D eigenvalue weighted by molar-refractivity contribution is -0.136. The van der Waals surface area contributed by atoms with Crippen molar-refractivity contribution in [1.29, 1.82) is 0 Å². The van der Waals surface area contributed by atoms with E-state index in [-0.39, 0.29) is 17.9 Å². The van der Waals surface area contributed by atoms with E-state index in [0.717, 1.165) is 0 Å². The normalized spacial score (nSPS) is 11.6. The molecule has 0 aromatic carbocycles. The minimum atomic E-state index is -2.94. The molecule has 1 heterocycles. The molecule has 18 heavy (non-hydrogen) atoms. The zero-order chi connectivity index (χ0) is 13.6. The summed E-state index contributed by atoms with van der Waals surface area (Å²) < 4.78 is 24.1. The topological polar surface area (TPSA) is 102 Å². The summed E-state index contributed by atoms with van der Waals surface area (Å²) in [6, 6.07) is 0. The number of aromatic nitrogens is 3. The van der Waals surface area contributed by atoms with E-state index in [1.165, 1.54) is 0 Å². The highest BCUT2D eigenvalue weighted by Gasteiger charge is 2.08. The van der Waals surface area contributed by atoms with Gasteiger partial charge in [0.25, 0.3) is 0 Å². The molecule has 0 amide bonds. The number of aryl methyl sites for hydroxylation is 2. The lowest BCUT2D eigenvalue weighted by atomic mass is 10.2. The zero-order valence-corrected chi connectivity index (χ0v) is 11.1. The number of carboxylic acids is 1. The van der Waals surface area contributed by atoms with Gasteiger partial charge in [-0.05, 0) is 6.42 Å². The molecule has 7 nitrogen and oxygen atoms in total.